The lowest BCUT2D eigenvalue weighted by molar-refractivity contribution is -0.145. The highest BCUT2D eigenvalue weighted by Gasteiger charge is 2.36. The molecule has 0 fully saturated rings. The first kappa shape index (κ1) is 17.3. The van der Waals surface area contributed by atoms with E-state index in [-0.39, 0.29) is 18.2 Å². The smallest absolute Gasteiger partial charge is 0.394 e. The Morgan fingerprint density at radius 1 is 1.39 bits per heavy atom. The van der Waals surface area contributed by atoms with Crippen LogP contribution in [-0.4, -0.2) is 42.0 Å². The molecule has 23 heavy (non-hydrogen) atoms. The van der Waals surface area contributed by atoms with Crippen molar-refractivity contribution in [2.24, 2.45) is 0 Å². The number of aliphatic hydroxyl groups is 1. The topological polar surface area (TPSA) is 53.0 Å². The molecule has 1 amide bonds. The number of carbonyl (C=O) groups excluding carboxylic acids is 1. The highest BCUT2D eigenvalue weighted by atomic mass is 19.4. The summed E-state index contributed by atoms with van der Waals surface area (Å²) in [4.78, 5) is 14.7. The molecule has 1 aromatic carbocycles. The van der Waals surface area contributed by atoms with E-state index in [1.165, 1.54) is 41.3 Å². The minimum atomic E-state index is -4.47. The number of amides is 1. The molecule has 1 aliphatic heterocycles. The number of ether oxygens (including phenoxy) is 1. The van der Waals surface area contributed by atoms with Gasteiger partial charge >= 0.3 is 6.18 Å². The molecular formula is C15H17F3N2O3. The maximum atomic E-state index is 12.9. The van der Waals surface area contributed by atoms with Crippen molar-refractivity contribution in [1.29, 1.82) is 0 Å². The second kappa shape index (κ2) is 6.59. The van der Waals surface area contributed by atoms with Crippen LogP contribution in [0.15, 0.2) is 36.5 Å². The maximum absolute atomic E-state index is 12.9. The number of aliphatic hydroxyl groups excluding tert-OH is 1. The molecule has 1 N–H and O–H groups in total. The van der Waals surface area contributed by atoms with Gasteiger partial charge in [-0.3, -0.25) is 9.69 Å². The lowest BCUT2D eigenvalue weighted by Crippen LogP contribution is -2.57. The summed E-state index contributed by atoms with van der Waals surface area (Å²) >= 11 is 0. The maximum Gasteiger partial charge on any atom is 0.416 e. The van der Waals surface area contributed by atoms with Crippen molar-refractivity contribution >= 4 is 11.6 Å². The average Bonchev–Trinajstić information content (AvgIpc) is 2.53. The fourth-order valence-electron chi connectivity index (χ4n) is 2.35. The van der Waals surface area contributed by atoms with E-state index in [0.717, 1.165) is 12.1 Å². The summed E-state index contributed by atoms with van der Waals surface area (Å²) in [5, 5.41) is 9.28. The van der Waals surface area contributed by atoms with Gasteiger partial charge in [-0.25, -0.2) is 0 Å². The van der Waals surface area contributed by atoms with Crippen LogP contribution in [0.5, 0.6) is 0 Å². The minimum Gasteiger partial charge on any atom is -0.394 e. The molecule has 2 rings (SSSR count). The fraction of sp³-hybridized carbons (Fsp3) is 0.400. The molecule has 0 saturated heterocycles. The number of methoxy groups -OCH3 is 1. The van der Waals surface area contributed by atoms with Gasteiger partial charge in [0.25, 0.3) is 5.91 Å². The standard InChI is InChI=1S/C15H17F3N2O3/c1-10(9-21)20-13(22)6-7-19(14(20)23-2)12-5-3-4-11(8-12)15(16,17)18/h3-8,10,14,21H,9H2,1-2H3/t10-,14?/m1/s1. The minimum absolute atomic E-state index is 0.227. The van der Waals surface area contributed by atoms with Crippen molar-refractivity contribution in [3.8, 4) is 0 Å². The Kier molecular flexibility index (Phi) is 4.96. The van der Waals surface area contributed by atoms with Gasteiger partial charge in [0.15, 0.2) is 0 Å². The third kappa shape index (κ3) is 3.48. The van der Waals surface area contributed by atoms with Gasteiger partial charge in [0.2, 0.25) is 6.35 Å². The molecule has 5 nitrogen and oxygen atoms in total. The molecule has 126 valence electrons. The first-order valence-corrected chi connectivity index (χ1v) is 6.89. The van der Waals surface area contributed by atoms with Gasteiger partial charge in [-0.1, -0.05) is 6.07 Å². The van der Waals surface area contributed by atoms with Crippen LogP contribution in [0, 0.1) is 0 Å². The Hall–Kier alpha value is -2.06. The molecule has 1 aliphatic rings. The van der Waals surface area contributed by atoms with Gasteiger partial charge in [0.05, 0.1) is 18.2 Å². The number of hydrogen-bond donors (Lipinski definition) is 1. The highest BCUT2D eigenvalue weighted by molar-refractivity contribution is 5.90. The summed E-state index contributed by atoms with van der Waals surface area (Å²) in [7, 11) is 1.34. The van der Waals surface area contributed by atoms with E-state index < -0.39 is 24.1 Å². The predicted molar refractivity (Wildman–Crippen MR) is 77.3 cm³/mol. The molecule has 0 aliphatic carbocycles. The van der Waals surface area contributed by atoms with Crippen LogP contribution in [0.25, 0.3) is 0 Å². The highest BCUT2D eigenvalue weighted by Crippen LogP contribution is 2.33. The molecule has 0 radical (unpaired) electrons. The monoisotopic (exact) mass is 330 g/mol. The summed E-state index contributed by atoms with van der Waals surface area (Å²) in [6.07, 6.45) is -2.82. The number of rotatable bonds is 4. The number of anilines is 1. The van der Waals surface area contributed by atoms with Gasteiger partial charge in [-0.15, -0.1) is 0 Å². The van der Waals surface area contributed by atoms with Crippen LogP contribution < -0.4 is 4.90 Å². The van der Waals surface area contributed by atoms with Crippen molar-refractivity contribution < 1.29 is 27.8 Å². The zero-order valence-corrected chi connectivity index (χ0v) is 12.6. The van der Waals surface area contributed by atoms with E-state index >= 15 is 0 Å². The number of hydrogen-bond acceptors (Lipinski definition) is 4. The van der Waals surface area contributed by atoms with E-state index in [4.69, 9.17) is 4.74 Å². The summed E-state index contributed by atoms with van der Waals surface area (Å²) in [5.74, 6) is -0.387. The molecule has 0 bridgehead atoms. The van der Waals surface area contributed by atoms with Gasteiger partial charge in [0, 0.05) is 25.1 Å². The SMILES string of the molecule is COC1N(c2cccc(C(F)(F)F)c2)C=CC(=O)N1[C@H](C)CO. The van der Waals surface area contributed by atoms with E-state index in [9.17, 15) is 23.1 Å². The van der Waals surface area contributed by atoms with Gasteiger partial charge < -0.3 is 14.7 Å². The molecule has 1 aromatic rings. The number of alkyl halides is 3. The van der Waals surface area contributed by atoms with Gasteiger partial charge in [-0.2, -0.15) is 13.2 Å². The Balaban J connectivity index is 2.42. The lowest BCUT2D eigenvalue weighted by Gasteiger charge is -2.42. The predicted octanol–water partition coefficient (Wildman–Crippen LogP) is 2.18. The lowest BCUT2D eigenvalue weighted by atomic mass is 10.1. The second-order valence-corrected chi connectivity index (χ2v) is 5.11. The van der Waals surface area contributed by atoms with Crippen molar-refractivity contribution in [2.75, 3.05) is 18.6 Å². The van der Waals surface area contributed by atoms with E-state index in [2.05, 4.69) is 0 Å². The molecular weight excluding hydrogens is 313 g/mol. The molecule has 8 heteroatoms. The third-order valence-electron chi connectivity index (χ3n) is 3.53. The zero-order chi connectivity index (χ0) is 17.2. The quantitative estimate of drug-likeness (QED) is 0.919. The van der Waals surface area contributed by atoms with Crippen LogP contribution in [0.4, 0.5) is 18.9 Å². The number of benzene rings is 1. The third-order valence-corrected chi connectivity index (χ3v) is 3.53. The number of nitrogens with zero attached hydrogens (tertiary/aromatic N) is 2. The molecule has 1 unspecified atom stereocenters. The molecule has 1 heterocycles. The summed E-state index contributed by atoms with van der Waals surface area (Å²) in [6, 6.07) is 4.18. The summed E-state index contributed by atoms with van der Waals surface area (Å²) < 4.78 is 43.9. The van der Waals surface area contributed by atoms with Crippen molar-refractivity contribution in [3.63, 3.8) is 0 Å². The van der Waals surface area contributed by atoms with Crippen LogP contribution in [-0.2, 0) is 15.7 Å². The van der Waals surface area contributed by atoms with Crippen LogP contribution in [0.2, 0.25) is 0 Å². The van der Waals surface area contributed by atoms with Crippen LogP contribution in [0.3, 0.4) is 0 Å². The molecule has 0 aromatic heterocycles. The van der Waals surface area contributed by atoms with Crippen molar-refractivity contribution in [2.45, 2.75) is 25.5 Å². The normalized spacial score (nSPS) is 20.1. The number of halogens is 3. The van der Waals surface area contributed by atoms with E-state index in [1.807, 2.05) is 0 Å². The summed E-state index contributed by atoms with van der Waals surface area (Å²) in [5.41, 5.74) is -0.567. The van der Waals surface area contributed by atoms with E-state index in [0.29, 0.717) is 0 Å². The van der Waals surface area contributed by atoms with Gasteiger partial charge in [-0.05, 0) is 25.1 Å². The first-order valence-electron chi connectivity index (χ1n) is 6.89. The first-order chi connectivity index (χ1) is 10.8. The average molecular weight is 330 g/mol. The van der Waals surface area contributed by atoms with E-state index in [1.54, 1.807) is 6.92 Å². The summed E-state index contributed by atoms with van der Waals surface area (Å²) in [6.45, 7) is 1.32. The van der Waals surface area contributed by atoms with Gasteiger partial charge in [0.1, 0.15) is 0 Å². The Morgan fingerprint density at radius 3 is 2.65 bits per heavy atom. The molecule has 0 saturated carbocycles. The second-order valence-electron chi connectivity index (χ2n) is 5.11. The van der Waals surface area contributed by atoms with Crippen LogP contribution >= 0.6 is 0 Å². The Labute approximate surface area is 131 Å². The molecule has 2 atom stereocenters. The molecule has 0 spiro atoms. The van der Waals surface area contributed by atoms with Crippen molar-refractivity contribution in [1.82, 2.24) is 4.90 Å². The largest absolute Gasteiger partial charge is 0.416 e. The fourth-order valence-corrected chi connectivity index (χ4v) is 2.35. The Bertz CT molecular complexity index is 604. The number of carbonyl (C=O) groups is 1. The Morgan fingerprint density at radius 2 is 2.09 bits per heavy atom. The van der Waals surface area contributed by atoms with Crippen molar-refractivity contribution in [3.05, 3.63) is 42.1 Å². The zero-order valence-electron chi connectivity index (χ0n) is 12.6. The van der Waals surface area contributed by atoms with Crippen LogP contribution in [0.1, 0.15) is 12.5 Å².